The van der Waals surface area contributed by atoms with Gasteiger partial charge in [0.25, 0.3) is 0 Å². The maximum Gasteiger partial charge on any atom is 0.244 e. The molecule has 1 amide bonds. The summed E-state index contributed by atoms with van der Waals surface area (Å²) < 4.78 is 0. The fourth-order valence-electron chi connectivity index (χ4n) is 1.43. The lowest BCUT2D eigenvalue weighted by Crippen LogP contribution is -2.42. The quantitative estimate of drug-likeness (QED) is 0.750. The normalized spacial score (nSPS) is 12.0. The molecule has 0 saturated carbocycles. The molecule has 0 aliphatic carbocycles. The van der Waals surface area contributed by atoms with Crippen LogP contribution >= 0.6 is 0 Å². The highest BCUT2D eigenvalue weighted by atomic mass is 16.2. The average Bonchev–Trinajstić information content (AvgIpc) is 2.27. The van der Waals surface area contributed by atoms with Crippen LogP contribution in [0, 0.1) is 0 Å². The molecule has 0 aliphatic heterocycles. The summed E-state index contributed by atoms with van der Waals surface area (Å²) in [5.74, 6) is 0.112. The Labute approximate surface area is 91.3 Å². The minimum absolute atomic E-state index is 0.112. The van der Waals surface area contributed by atoms with Crippen molar-refractivity contribution in [3.63, 3.8) is 0 Å². The van der Waals surface area contributed by atoms with Gasteiger partial charge in [-0.25, -0.2) is 0 Å². The van der Waals surface area contributed by atoms with E-state index in [0.29, 0.717) is 0 Å². The first-order chi connectivity index (χ1) is 7.04. The molecule has 82 valence electrons. The van der Waals surface area contributed by atoms with E-state index < -0.39 is 0 Å². The highest BCUT2D eigenvalue weighted by molar-refractivity contribution is 5.84. The molecule has 3 heteroatoms. The largest absolute Gasteiger partial charge is 0.363 e. The van der Waals surface area contributed by atoms with Gasteiger partial charge in [-0.3, -0.25) is 4.79 Å². The molecular weight excluding hydrogens is 188 g/mol. The standard InChI is InChI=1S/C12H18N2O/c1-10(12(15)13(2)3)14(4)11-8-6-5-7-9-11/h5-10H,1-4H3/t10-/m0/s1. The molecule has 3 nitrogen and oxygen atoms in total. The number of nitrogens with zero attached hydrogens (tertiary/aromatic N) is 2. The molecule has 0 N–H and O–H groups in total. The van der Waals surface area contributed by atoms with Gasteiger partial charge in [0.15, 0.2) is 0 Å². The first-order valence-electron chi connectivity index (χ1n) is 5.03. The number of rotatable bonds is 3. The zero-order valence-corrected chi connectivity index (χ0v) is 9.77. The van der Waals surface area contributed by atoms with E-state index in [9.17, 15) is 4.79 Å². The Kier molecular flexibility index (Phi) is 3.72. The van der Waals surface area contributed by atoms with Crippen molar-refractivity contribution in [1.82, 2.24) is 4.90 Å². The second-order valence-corrected chi connectivity index (χ2v) is 3.86. The molecule has 1 aromatic rings. The Balaban J connectivity index is 2.77. The molecule has 0 fully saturated rings. The molecule has 0 saturated heterocycles. The van der Waals surface area contributed by atoms with Crippen molar-refractivity contribution in [3.8, 4) is 0 Å². The molecule has 0 radical (unpaired) electrons. The van der Waals surface area contributed by atoms with Gasteiger partial charge in [0.2, 0.25) is 5.91 Å². The van der Waals surface area contributed by atoms with Crippen LogP contribution in [0.25, 0.3) is 0 Å². The molecule has 1 atom stereocenters. The summed E-state index contributed by atoms with van der Waals surface area (Å²) in [6, 6.07) is 9.77. The van der Waals surface area contributed by atoms with Gasteiger partial charge in [-0.15, -0.1) is 0 Å². The summed E-state index contributed by atoms with van der Waals surface area (Å²) in [5.41, 5.74) is 1.06. The second kappa shape index (κ2) is 4.82. The Hall–Kier alpha value is -1.51. The number of benzene rings is 1. The molecule has 0 heterocycles. The van der Waals surface area contributed by atoms with Gasteiger partial charge in [-0.2, -0.15) is 0 Å². The number of hydrogen-bond acceptors (Lipinski definition) is 2. The lowest BCUT2D eigenvalue weighted by Gasteiger charge is -2.28. The summed E-state index contributed by atoms with van der Waals surface area (Å²) in [6.07, 6.45) is 0. The van der Waals surface area contributed by atoms with Crippen LogP contribution in [0.1, 0.15) is 6.92 Å². The number of amides is 1. The molecule has 15 heavy (non-hydrogen) atoms. The molecule has 0 spiro atoms. The van der Waals surface area contributed by atoms with Crippen molar-refractivity contribution in [2.24, 2.45) is 0 Å². The van der Waals surface area contributed by atoms with Crippen molar-refractivity contribution < 1.29 is 4.79 Å². The first-order valence-corrected chi connectivity index (χ1v) is 5.03. The highest BCUT2D eigenvalue weighted by Gasteiger charge is 2.19. The lowest BCUT2D eigenvalue weighted by molar-refractivity contribution is -0.129. The zero-order valence-electron chi connectivity index (χ0n) is 9.77. The Morgan fingerprint density at radius 1 is 1.13 bits per heavy atom. The number of carbonyl (C=O) groups is 1. The number of hydrogen-bond donors (Lipinski definition) is 0. The van der Waals surface area contributed by atoms with E-state index >= 15 is 0 Å². The van der Waals surface area contributed by atoms with Crippen molar-refractivity contribution in [2.75, 3.05) is 26.0 Å². The molecule has 1 rings (SSSR count). The Morgan fingerprint density at radius 3 is 2.13 bits per heavy atom. The second-order valence-electron chi connectivity index (χ2n) is 3.86. The van der Waals surface area contributed by atoms with E-state index in [4.69, 9.17) is 0 Å². The van der Waals surface area contributed by atoms with E-state index in [-0.39, 0.29) is 11.9 Å². The summed E-state index contributed by atoms with van der Waals surface area (Å²) in [6.45, 7) is 1.91. The van der Waals surface area contributed by atoms with Gasteiger partial charge < -0.3 is 9.80 Å². The third-order valence-corrected chi connectivity index (χ3v) is 2.54. The van der Waals surface area contributed by atoms with Crippen LogP contribution in [0.5, 0.6) is 0 Å². The fraction of sp³-hybridized carbons (Fsp3) is 0.417. The van der Waals surface area contributed by atoms with Crippen LogP contribution < -0.4 is 4.90 Å². The van der Waals surface area contributed by atoms with Gasteiger partial charge in [-0.05, 0) is 19.1 Å². The minimum atomic E-state index is -0.137. The van der Waals surface area contributed by atoms with Crippen molar-refractivity contribution >= 4 is 11.6 Å². The number of anilines is 1. The SMILES string of the molecule is C[C@@H](C(=O)N(C)C)N(C)c1ccccc1. The minimum Gasteiger partial charge on any atom is -0.363 e. The number of para-hydroxylation sites is 1. The monoisotopic (exact) mass is 206 g/mol. The Morgan fingerprint density at radius 2 is 1.67 bits per heavy atom. The number of likely N-dealkylation sites (N-methyl/N-ethyl adjacent to an activating group) is 2. The molecule has 0 unspecified atom stereocenters. The first kappa shape index (κ1) is 11.6. The predicted molar refractivity (Wildman–Crippen MR) is 63.0 cm³/mol. The van der Waals surface area contributed by atoms with E-state index in [1.807, 2.05) is 49.2 Å². The van der Waals surface area contributed by atoms with Crippen molar-refractivity contribution in [1.29, 1.82) is 0 Å². The molecule has 1 aromatic carbocycles. The smallest absolute Gasteiger partial charge is 0.244 e. The van der Waals surface area contributed by atoms with Gasteiger partial charge >= 0.3 is 0 Å². The fourth-order valence-corrected chi connectivity index (χ4v) is 1.43. The van der Waals surface area contributed by atoms with Crippen LogP contribution in [-0.2, 0) is 4.79 Å². The van der Waals surface area contributed by atoms with Gasteiger partial charge in [0, 0.05) is 26.8 Å². The van der Waals surface area contributed by atoms with E-state index in [0.717, 1.165) is 5.69 Å². The lowest BCUT2D eigenvalue weighted by atomic mass is 10.2. The summed E-state index contributed by atoms with van der Waals surface area (Å²) in [4.78, 5) is 15.3. The third-order valence-electron chi connectivity index (χ3n) is 2.54. The number of carbonyl (C=O) groups excluding carboxylic acids is 1. The maximum atomic E-state index is 11.7. The summed E-state index contributed by atoms with van der Waals surface area (Å²) in [7, 11) is 5.48. The van der Waals surface area contributed by atoms with E-state index in [1.165, 1.54) is 0 Å². The molecule has 0 aromatic heterocycles. The third kappa shape index (κ3) is 2.72. The average molecular weight is 206 g/mol. The summed E-state index contributed by atoms with van der Waals surface area (Å²) in [5, 5.41) is 0. The molecule has 0 bridgehead atoms. The van der Waals surface area contributed by atoms with Crippen LogP contribution in [0.2, 0.25) is 0 Å². The van der Waals surface area contributed by atoms with E-state index in [2.05, 4.69) is 0 Å². The molecule has 0 aliphatic rings. The molecular formula is C12H18N2O. The van der Waals surface area contributed by atoms with Crippen LogP contribution in [0.15, 0.2) is 30.3 Å². The van der Waals surface area contributed by atoms with Crippen LogP contribution in [0.3, 0.4) is 0 Å². The van der Waals surface area contributed by atoms with Gasteiger partial charge in [-0.1, -0.05) is 18.2 Å². The van der Waals surface area contributed by atoms with Crippen molar-refractivity contribution in [3.05, 3.63) is 30.3 Å². The topological polar surface area (TPSA) is 23.6 Å². The van der Waals surface area contributed by atoms with Gasteiger partial charge in [0.05, 0.1) is 0 Å². The predicted octanol–water partition coefficient (Wildman–Crippen LogP) is 1.60. The van der Waals surface area contributed by atoms with Crippen molar-refractivity contribution in [2.45, 2.75) is 13.0 Å². The van der Waals surface area contributed by atoms with Crippen LogP contribution in [-0.4, -0.2) is 38.0 Å². The Bertz CT molecular complexity index is 322. The zero-order chi connectivity index (χ0) is 11.4. The maximum absolute atomic E-state index is 11.7. The van der Waals surface area contributed by atoms with Gasteiger partial charge in [0.1, 0.15) is 6.04 Å². The summed E-state index contributed by atoms with van der Waals surface area (Å²) >= 11 is 0. The highest BCUT2D eigenvalue weighted by Crippen LogP contribution is 2.14. The van der Waals surface area contributed by atoms with E-state index in [1.54, 1.807) is 19.0 Å². The van der Waals surface area contributed by atoms with Crippen LogP contribution in [0.4, 0.5) is 5.69 Å².